The van der Waals surface area contributed by atoms with E-state index in [0.717, 1.165) is 6.42 Å². The third-order valence-electron chi connectivity index (χ3n) is 2.44. The molecule has 0 aliphatic heterocycles. The first-order chi connectivity index (χ1) is 5.63. The van der Waals surface area contributed by atoms with Crippen LogP contribution in [-0.4, -0.2) is 13.1 Å². The van der Waals surface area contributed by atoms with E-state index in [1.807, 2.05) is 6.92 Å². The zero-order valence-electron chi connectivity index (χ0n) is 8.59. The van der Waals surface area contributed by atoms with Crippen molar-refractivity contribution in [3.05, 3.63) is 0 Å². The minimum Gasteiger partial charge on any atom is -0.469 e. The predicted molar refractivity (Wildman–Crippen MR) is 49.9 cm³/mol. The number of ether oxygens (including phenoxy) is 1. The topological polar surface area (TPSA) is 26.3 Å². The largest absolute Gasteiger partial charge is 0.469 e. The maximum absolute atomic E-state index is 11.1. The quantitative estimate of drug-likeness (QED) is 0.596. The summed E-state index contributed by atoms with van der Waals surface area (Å²) in [6, 6.07) is 0. The molecule has 0 aromatic carbocycles. The molecule has 0 heterocycles. The van der Waals surface area contributed by atoms with Crippen molar-refractivity contribution in [2.45, 2.75) is 40.0 Å². The Hall–Kier alpha value is -0.530. The fraction of sp³-hybridized carbons (Fsp3) is 0.900. The van der Waals surface area contributed by atoms with Crippen LogP contribution in [0.5, 0.6) is 0 Å². The van der Waals surface area contributed by atoms with Gasteiger partial charge in [-0.2, -0.15) is 0 Å². The van der Waals surface area contributed by atoms with Gasteiger partial charge in [0.2, 0.25) is 0 Å². The van der Waals surface area contributed by atoms with Crippen LogP contribution in [0, 0.1) is 11.8 Å². The summed E-state index contributed by atoms with van der Waals surface area (Å²) >= 11 is 0. The van der Waals surface area contributed by atoms with Crippen LogP contribution in [0.3, 0.4) is 0 Å². The normalized spacial score (nSPS) is 15.3. The third kappa shape index (κ3) is 3.74. The van der Waals surface area contributed by atoms with Gasteiger partial charge in [-0.05, 0) is 12.3 Å². The van der Waals surface area contributed by atoms with Crippen LogP contribution < -0.4 is 0 Å². The van der Waals surface area contributed by atoms with Gasteiger partial charge in [-0.15, -0.1) is 0 Å². The number of hydrogen-bond acceptors (Lipinski definition) is 2. The van der Waals surface area contributed by atoms with Crippen LogP contribution in [0.4, 0.5) is 0 Å². The van der Waals surface area contributed by atoms with Crippen molar-refractivity contribution in [2.75, 3.05) is 7.11 Å². The van der Waals surface area contributed by atoms with Crippen molar-refractivity contribution >= 4 is 5.97 Å². The maximum atomic E-state index is 11.1. The fourth-order valence-electron chi connectivity index (χ4n) is 1.19. The van der Waals surface area contributed by atoms with Gasteiger partial charge in [0.15, 0.2) is 0 Å². The number of unbranched alkanes of at least 4 members (excludes halogenated alkanes) is 1. The molecule has 0 aliphatic rings. The van der Waals surface area contributed by atoms with Gasteiger partial charge >= 0.3 is 5.97 Å². The van der Waals surface area contributed by atoms with Crippen LogP contribution in [0.25, 0.3) is 0 Å². The summed E-state index contributed by atoms with van der Waals surface area (Å²) in [5.41, 5.74) is 0. The molecule has 0 saturated carbocycles. The lowest BCUT2D eigenvalue weighted by atomic mass is 9.91. The van der Waals surface area contributed by atoms with E-state index in [-0.39, 0.29) is 11.9 Å². The van der Waals surface area contributed by atoms with E-state index >= 15 is 0 Å². The van der Waals surface area contributed by atoms with E-state index in [0.29, 0.717) is 5.92 Å². The molecular formula is C10H20O2. The Morgan fingerprint density at radius 1 is 1.42 bits per heavy atom. The van der Waals surface area contributed by atoms with Crippen molar-refractivity contribution in [1.82, 2.24) is 0 Å². The molecule has 0 aliphatic carbocycles. The highest BCUT2D eigenvalue weighted by Crippen LogP contribution is 2.18. The van der Waals surface area contributed by atoms with Crippen molar-refractivity contribution in [3.8, 4) is 0 Å². The monoisotopic (exact) mass is 172 g/mol. The van der Waals surface area contributed by atoms with Crippen molar-refractivity contribution in [1.29, 1.82) is 0 Å². The highest BCUT2D eigenvalue weighted by molar-refractivity contribution is 5.72. The molecule has 0 saturated heterocycles. The second-order valence-electron chi connectivity index (χ2n) is 3.43. The molecule has 0 bridgehead atoms. The molecule has 0 unspecified atom stereocenters. The summed E-state index contributed by atoms with van der Waals surface area (Å²) in [7, 11) is 1.45. The molecular weight excluding hydrogens is 152 g/mol. The molecule has 0 rings (SSSR count). The molecule has 0 aromatic heterocycles. The third-order valence-corrected chi connectivity index (χ3v) is 2.44. The number of carbonyl (C=O) groups is 1. The Balaban J connectivity index is 3.75. The van der Waals surface area contributed by atoms with E-state index in [9.17, 15) is 4.79 Å². The molecule has 0 amide bonds. The van der Waals surface area contributed by atoms with Gasteiger partial charge in [0, 0.05) is 0 Å². The fourth-order valence-corrected chi connectivity index (χ4v) is 1.19. The van der Waals surface area contributed by atoms with Crippen molar-refractivity contribution < 1.29 is 9.53 Å². The smallest absolute Gasteiger partial charge is 0.308 e. The number of methoxy groups -OCH3 is 1. The molecule has 0 spiro atoms. The van der Waals surface area contributed by atoms with Gasteiger partial charge in [-0.3, -0.25) is 4.79 Å². The SMILES string of the molecule is CCCC[C@@H](C)[C@@H](C)C(=O)OC. The molecule has 72 valence electrons. The lowest BCUT2D eigenvalue weighted by Gasteiger charge is -2.16. The summed E-state index contributed by atoms with van der Waals surface area (Å²) in [4.78, 5) is 11.1. The van der Waals surface area contributed by atoms with Crippen LogP contribution >= 0.6 is 0 Å². The number of esters is 1. The van der Waals surface area contributed by atoms with Crippen LogP contribution in [0.1, 0.15) is 40.0 Å². The second-order valence-corrected chi connectivity index (χ2v) is 3.43. The van der Waals surface area contributed by atoms with E-state index in [4.69, 9.17) is 0 Å². The molecule has 0 radical (unpaired) electrons. The second kappa shape index (κ2) is 6.04. The van der Waals surface area contributed by atoms with Crippen LogP contribution in [0.15, 0.2) is 0 Å². The molecule has 12 heavy (non-hydrogen) atoms. The van der Waals surface area contributed by atoms with Gasteiger partial charge in [-0.1, -0.05) is 33.6 Å². The van der Waals surface area contributed by atoms with E-state index in [2.05, 4.69) is 18.6 Å². The van der Waals surface area contributed by atoms with Gasteiger partial charge in [0.25, 0.3) is 0 Å². The summed E-state index contributed by atoms with van der Waals surface area (Å²) < 4.78 is 4.67. The predicted octanol–water partition coefficient (Wildman–Crippen LogP) is 2.62. The zero-order chi connectivity index (χ0) is 9.56. The van der Waals surface area contributed by atoms with Gasteiger partial charge in [-0.25, -0.2) is 0 Å². The summed E-state index contributed by atoms with van der Waals surface area (Å²) in [6.45, 7) is 6.21. The number of carbonyl (C=O) groups excluding carboxylic acids is 1. The highest BCUT2D eigenvalue weighted by Gasteiger charge is 2.19. The number of hydrogen-bond donors (Lipinski definition) is 0. The van der Waals surface area contributed by atoms with E-state index < -0.39 is 0 Å². The molecule has 0 aromatic rings. The van der Waals surface area contributed by atoms with Crippen LogP contribution in [0.2, 0.25) is 0 Å². The average molecular weight is 172 g/mol. The molecule has 0 N–H and O–H groups in total. The molecule has 2 nitrogen and oxygen atoms in total. The molecule has 2 heteroatoms. The van der Waals surface area contributed by atoms with E-state index in [1.165, 1.54) is 20.0 Å². The standard InChI is InChI=1S/C10H20O2/c1-5-6-7-8(2)9(3)10(11)12-4/h8-9H,5-7H2,1-4H3/t8-,9-/m1/s1. The molecule has 2 atom stereocenters. The summed E-state index contributed by atoms with van der Waals surface area (Å²) in [6.07, 6.45) is 3.51. The van der Waals surface area contributed by atoms with E-state index in [1.54, 1.807) is 0 Å². The maximum Gasteiger partial charge on any atom is 0.308 e. The Kier molecular flexibility index (Phi) is 5.77. The average Bonchev–Trinajstić information content (AvgIpc) is 2.11. The summed E-state index contributed by atoms with van der Waals surface area (Å²) in [5.74, 6) is 0.401. The van der Waals surface area contributed by atoms with Gasteiger partial charge < -0.3 is 4.74 Å². The van der Waals surface area contributed by atoms with Gasteiger partial charge in [0.1, 0.15) is 0 Å². The minimum atomic E-state index is -0.0846. The first-order valence-corrected chi connectivity index (χ1v) is 4.71. The first kappa shape index (κ1) is 11.5. The Bertz CT molecular complexity index is 132. The van der Waals surface area contributed by atoms with Crippen molar-refractivity contribution in [2.24, 2.45) is 11.8 Å². The Morgan fingerprint density at radius 2 is 2.00 bits per heavy atom. The summed E-state index contributed by atoms with van der Waals surface area (Å²) in [5, 5.41) is 0. The minimum absolute atomic E-state index is 0.0431. The first-order valence-electron chi connectivity index (χ1n) is 4.71. The van der Waals surface area contributed by atoms with Crippen molar-refractivity contribution in [3.63, 3.8) is 0 Å². The highest BCUT2D eigenvalue weighted by atomic mass is 16.5. The lowest BCUT2D eigenvalue weighted by molar-refractivity contribution is -0.146. The van der Waals surface area contributed by atoms with Crippen LogP contribution in [-0.2, 0) is 9.53 Å². The number of rotatable bonds is 5. The lowest BCUT2D eigenvalue weighted by Crippen LogP contribution is -2.20. The Labute approximate surface area is 75.3 Å². The van der Waals surface area contributed by atoms with Gasteiger partial charge in [0.05, 0.1) is 13.0 Å². The Morgan fingerprint density at radius 3 is 2.42 bits per heavy atom. The zero-order valence-corrected chi connectivity index (χ0v) is 8.59. The molecule has 0 fully saturated rings.